The van der Waals surface area contributed by atoms with Crippen LogP contribution in [0.15, 0.2) is 60.9 Å². The molecule has 0 aliphatic rings. The molecule has 0 saturated heterocycles. The fourth-order valence-corrected chi connectivity index (χ4v) is 2.13. The zero-order valence-corrected chi connectivity index (χ0v) is 12.8. The van der Waals surface area contributed by atoms with Crippen LogP contribution in [-0.4, -0.2) is 22.9 Å². The van der Waals surface area contributed by atoms with Gasteiger partial charge in [0.15, 0.2) is 11.5 Å². The van der Waals surface area contributed by atoms with E-state index in [-0.39, 0.29) is 5.75 Å². The number of ether oxygens (including phenoxy) is 2. The van der Waals surface area contributed by atoms with Crippen molar-refractivity contribution in [3.05, 3.63) is 72.1 Å². The fraction of sp³-hybridized carbons (Fsp3) is 0.0556. The van der Waals surface area contributed by atoms with Gasteiger partial charge in [0.05, 0.1) is 36.2 Å². The second-order valence-electron chi connectivity index (χ2n) is 4.88. The molecular formula is C18H13N3O3. The Morgan fingerprint density at radius 3 is 2.67 bits per heavy atom. The molecule has 0 spiro atoms. The highest BCUT2D eigenvalue weighted by Crippen LogP contribution is 2.28. The van der Waals surface area contributed by atoms with Gasteiger partial charge in [0.1, 0.15) is 0 Å². The molecule has 3 rings (SSSR count). The Kier molecular flexibility index (Phi) is 4.25. The van der Waals surface area contributed by atoms with E-state index in [1.807, 2.05) is 36.4 Å². The number of rotatable bonds is 4. The van der Waals surface area contributed by atoms with Gasteiger partial charge in [-0.2, -0.15) is 10.4 Å². The van der Waals surface area contributed by atoms with E-state index in [0.29, 0.717) is 16.9 Å². The summed E-state index contributed by atoms with van der Waals surface area (Å²) in [7, 11) is 1.45. The molecule has 24 heavy (non-hydrogen) atoms. The van der Waals surface area contributed by atoms with Gasteiger partial charge >= 0.3 is 5.97 Å². The minimum Gasteiger partial charge on any atom is -0.493 e. The topological polar surface area (TPSA) is 77.1 Å². The minimum atomic E-state index is -0.555. The zero-order valence-electron chi connectivity index (χ0n) is 12.8. The van der Waals surface area contributed by atoms with Crippen LogP contribution in [-0.2, 0) is 0 Å². The molecule has 0 bridgehead atoms. The number of para-hydroxylation sites is 1. The first-order chi connectivity index (χ1) is 11.7. The van der Waals surface area contributed by atoms with Crippen molar-refractivity contribution in [3.8, 4) is 23.3 Å². The van der Waals surface area contributed by atoms with Gasteiger partial charge in [0, 0.05) is 12.3 Å². The van der Waals surface area contributed by atoms with Gasteiger partial charge in [-0.05, 0) is 24.3 Å². The average Bonchev–Trinajstić information content (AvgIpc) is 3.13. The Bertz CT molecular complexity index is 911. The monoisotopic (exact) mass is 319 g/mol. The molecule has 3 aromatic rings. The van der Waals surface area contributed by atoms with E-state index in [0.717, 1.165) is 5.69 Å². The molecule has 0 saturated carbocycles. The highest BCUT2D eigenvalue weighted by Gasteiger charge is 2.15. The third kappa shape index (κ3) is 3.10. The third-order valence-corrected chi connectivity index (χ3v) is 3.33. The Hall–Kier alpha value is -3.59. The molecule has 1 heterocycles. The fourth-order valence-electron chi connectivity index (χ4n) is 2.13. The maximum Gasteiger partial charge on any atom is 0.346 e. The van der Waals surface area contributed by atoms with Crippen LogP contribution in [0, 0.1) is 11.3 Å². The standard InChI is InChI=1S/C18H13N3O3/c1-23-17-9-13(10-19)7-8-16(17)24-18(22)14-11-20-21(12-14)15-5-3-2-4-6-15/h2-9,11-12H,1H3. The molecule has 0 aliphatic heterocycles. The van der Waals surface area contributed by atoms with E-state index in [1.54, 1.807) is 16.9 Å². The first-order valence-electron chi connectivity index (χ1n) is 7.11. The number of carbonyl (C=O) groups is 1. The largest absolute Gasteiger partial charge is 0.493 e. The molecule has 2 aromatic carbocycles. The molecular weight excluding hydrogens is 306 g/mol. The van der Waals surface area contributed by atoms with E-state index >= 15 is 0 Å². The molecule has 1 aromatic heterocycles. The summed E-state index contributed by atoms with van der Waals surface area (Å²) in [5.74, 6) is 0.00648. The highest BCUT2D eigenvalue weighted by molar-refractivity contribution is 5.91. The molecule has 0 fully saturated rings. The number of hydrogen-bond donors (Lipinski definition) is 0. The van der Waals surface area contributed by atoms with Crippen molar-refractivity contribution in [2.24, 2.45) is 0 Å². The molecule has 0 amide bonds. The number of aromatic nitrogens is 2. The lowest BCUT2D eigenvalue weighted by Gasteiger charge is -2.08. The van der Waals surface area contributed by atoms with E-state index in [4.69, 9.17) is 14.7 Å². The van der Waals surface area contributed by atoms with Gasteiger partial charge in [0.2, 0.25) is 0 Å². The van der Waals surface area contributed by atoms with Crippen molar-refractivity contribution in [1.82, 2.24) is 9.78 Å². The first kappa shape index (κ1) is 15.3. The second-order valence-corrected chi connectivity index (χ2v) is 4.88. The second kappa shape index (κ2) is 6.67. The molecule has 118 valence electrons. The van der Waals surface area contributed by atoms with Crippen LogP contribution in [0.1, 0.15) is 15.9 Å². The zero-order chi connectivity index (χ0) is 16.9. The Labute approximate surface area is 138 Å². The van der Waals surface area contributed by atoms with E-state index in [9.17, 15) is 4.79 Å². The number of esters is 1. The SMILES string of the molecule is COc1cc(C#N)ccc1OC(=O)c1cnn(-c2ccccc2)c1. The molecule has 0 unspecified atom stereocenters. The summed E-state index contributed by atoms with van der Waals surface area (Å²) in [5.41, 5.74) is 1.57. The molecule has 6 nitrogen and oxygen atoms in total. The van der Waals surface area contributed by atoms with Crippen LogP contribution in [0.5, 0.6) is 11.5 Å². The van der Waals surface area contributed by atoms with E-state index in [1.165, 1.54) is 25.4 Å². The number of carbonyl (C=O) groups excluding carboxylic acids is 1. The van der Waals surface area contributed by atoms with Gasteiger partial charge in [0.25, 0.3) is 0 Å². The summed E-state index contributed by atoms with van der Waals surface area (Å²) in [4.78, 5) is 12.3. The summed E-state index contributed by atoms with van der Waals surface area (Å²) in [6, 6.07) is 16.0. The van der Waals surface area contributed by atoms with Crippen molar-refractivity contribution in [2.75, 3.05) is 7.11 Å². The number of methoxy groups -OCH3 is 1. The van der Waals surface area contributed by atoms with Gasteiger partial charge in [-0.25, -0.2) is 9.48 Å². The maximum absolute atomic E-state index is 12.3. The Morgan fingerprint density at radius 1 is 1.17 bits per heavy atom. The summed E-state index contributed by atoms with van der Waals surface area (Å²) < 4.78 is 12.1. The van der Waals surface area contributed by atoms with Crippen LogP contribution < -0.4 is 9.47 Å². The Morgan fingerprint density at radius 2 is 1.96 bits per heavy atom. The van der Waals surface area contributed by atoms with Crippen molar-refractivity contribution >= 4 is 5.97 Å². The van der Waals surface area contributed by atoms with Crippen LogP contribution >= 0.6 is 0 Å². The normalized spacial score (nSPS) is 10.0. The molecule has 0 atom stereocenters. The lowest BCUT2D eigenvalue weighted by molar-refractivity contribution is 0.0729. The van der Waals surface area contributed by atoms with Crippen molar-refractivity contribution in [1.29, 1.82) is 5.26 Å². The lowest BCUT2D eigenvalue weighted by Crippen LogP contribution is -2.08. The number of nitrogens with zero attached hydrogens (tertiary/aromatic N) is 3. The number of hydrogen-bond acceptors (Lipinski definition) is 5. The summed E-state index contributed by atoms with van der Waals surface area (Å²) in [5, 5.41) is 13.1. The summed E-state index contributed by atoms with van der Waals surface area (Å²) in [6.07, 6.45) is 3.03. The van der Waals surface area contributed by atoms with Gasteiger partial charge in [-0.15, -0.1) is 0 Å². The van der Waals surface area contributed by atoms with E-state index < -0.39 is 5.97 Å². The first-order valence-corrected chi connectivity index (χ1v) is 7.11. The van der Waals surface area contributed by atoms with Crippen molar-refractivity contribution in [2.45, 2.75) is 0 Å². The predicted octanol–water partition coefficient (Wildman–Crippen LogP) is 2.97. The summed E-state index contributed by atoms with van der Waals surface area (Å²) in [6.45, 7) is 0. The maximum atomic E-state index is 12.3. The molecule has 0 aliphatic carbocycles. The molecule has 0 radical (unpaired) electrons. The smallest absolute Gasteiger partial charge is 0.346 e. The average molecular weight is 319 g/mol. The van der Waals surface area contributed by atoms with Gasteiger partial charge in [-0.1, -0.05) is 18.2 Å². The van der Waals surface area contributed by atoms with Crippen molar-refractivity contribution in [3.63, 3.8) is 0 Å². The molecule has 0 N–H and O–H groups in total. The number of nitriles is 1. The summed E-state index contributed by atoms with van der Waals surface area (Å²) >= 11 is 0. The minimum absolute atomic E-state index is 0.244. The van der Waals surface area contributed by atoms with Gasteiger partial charge in [-0.3, -0.25) is 0 Å². The van der Waals surface area contributed by atoms with Crippen molar-refractivity contribution < 1.29 is 14.3 Å². The van der Waals surface area contributed by atoms with E-state index in [2.05, 4.69) is 5.10 Å². The lowest BCUT2D eigenvalue weighted by atomic mass is 10.2. The van der Waals surface area contributed by atoms with Crippen LogP contribution in [0.2, 0.25) is 0 Å². The van der Waals surface area contributed by atoms with Crippen LogP contribution in [0.4, 0.5) is 0 Å². The third-order valence-electron chi connectivity index (χ3n) is 3.33. The number of benzene rings is 2. The van der Waals surface area contributed by atoms with Crippen LogP contribution in [0.3, 0.4) is 0 Å². The quantitative estimate of drug-likeness (QED) is 0.546. The highest BCUT2D eigenvalue weighted by atomic mass is 16.6. The van der Waals surface area contributed by atoms with Crippen LogP contribution in [0.25, 0.3) is 5.69 Å². The predicted molar refractivity (Wildman–Crippen MR) is 86.2 cm³/mol. The molecule has 6 heteroatoms. The van der Waals surface area contributed by atoms with Gasteiger partial charge < -0.3 is 9.47 Å². The Balaban J connectivity index is 1.81.